The fourth-order valence-corrected chi connectivity index (χ4v) is 1.97. The number of nitrogens with zero attached hydrogens (tertiary/aromatic N) is 1. The second kappa shape index (κ2) is 5.38. The Morgan fingerprint density at radius 3 is 2.61 bits per heavy atom. The van der Waals surface area contributed by atoms with Crippen molar-refractivity contribution >= 4 is 11.6 Å². The molecular weight excluding hydrogens is 248 g/mol. The molecule has 2 rings (SSSR count). The van der Waals surface area contributed by atoms with Crippen LogP contribution in [0.15, 0.2) is 36.5 Å². The number of pyridine rings is 1. The summed E-state index contributed by atoms with van der Waals surface area (Å²) in [6.45, 7) is 2.01. The van der Waals surface area contributed by atoms with Crippen LogP contribution < -0.4 is 10.5 Å². The summed E-state index contributed by atoms with van der Waals surface area (Å²) < 4.78 is 5.18. The van der Waals surface area contributed by atoms with Gasteiger partial charge in [0.15, 0.2) is 0 Å². The highest BCUT2D eigenvalue weighted by Crippen LogP contribution is 2.25. The van der Waals surface area contributed by atoms with Gasteiger partial charge in [-0.2, -0.15) is 0 Å². The maximum absolute atomic E-state index is 6.21. The van der Waals surface area contributed by atoms with Crippen LogP contribution in [-0.2, 0) is 0 Å². The molecule has 18 heavy (non-hydrogen) atoms. The van der Waals surface area contributed by atoms with Crippen molar-refractivity contribution in [2.45, 2.75) is 13.0 Å². The fraction of sp³-hybridized carbons (Fsp3) is 0.214. The molecule has 0 spiro atoms. The highest BCUT2D eigenvalue weighted by atomic mass is 35.5. The van der Waals surface area contributed by atoms with Crippen molar-refractivity contribution in [1.82, 2.24) is 4.98 Å². The lowest BCUT2D eigenvalue weighted by atomic mass is 9.99. The fourth-order valence-electron chi connectivity index (χ4n) is 1.85. The first-order chi connectivity index (χ1) is 8.61. The molecule has 1 aromatic heterocycles. The lowest BCUT2D eigenvalue weighted by molar-refractivity contribution is 0.414. The van der Waals surface area contributed by atoms with Gasteiger partial charge in [0, 0.05) is 6.20 Å². The van der Waals surface area contributed by atoms with E-state index < -0.39 is 0 Å². The number of halogens is 1. The molecule has 3 nitrogen and oxygen atoms in total. The number of nitrogens with two attached hydrogens (primary N) is 1. The van der Waals surface area contributed by atoms with Crippen LogP contribution in [0.5, 0.6) is 5.75 Å². The summed E-state index contributed by atoms with van der Waals surface area (Å²) in [5, 5.41) is 0.609. The van der Waals surface area contributed by atoms with Crippen molar-refractivity contribution in [2.24, 2.45) is 5.73 Å². The lowest BCUT2D eigenvalue weighted by Crippen LogP contribution is -2.14. The molecule has 0 radical (unpaired) electrons. The Bertz CT molecular complexity index is 540. The molecule has 4 heteroatoms. The monoisotopic (exact) mass is 262 g/mol. The maximum atomic E-state index is 6.21. The highest BCUT2D eigenvalue weighted by molar-refractivity contribution is 6.30. The van der Waals surface area contributed by atoms with E-state index in [0.29, 0.717) is 5.02 Å². The summed E-state index contributed by atoms with van der Waals surface area (Å²) in [6, 6.07) is 9.21. The van der Waals surface area contributed by atoms with Gasteiger partial charge in [-0.1, -0.05) is 17.7 Å². The minimum Gasteiger partial charge on any atom is -0.497 e. The first-order valence-electron chi connectivity index (χ1n) is 5.63. The first-order valence-corrected chi connectivity index (χ1v) is 6.01. The summed E-state index contributed by atoms with van der Waals surface area (Å²) in [7, 11) is 1.65. The Balaban J connectivity index is 2.33. The molecule has 0 saturated heterocycles. The second-order valence-electron chi connectivity index (χ2n) is 4.10. The van der Waals surface area contributed by atoms with Gasteiger partial charge >= 0.3 is 0 Å². The highest BCUT2D eigenvalue weighted by Gasteiger charge is 2.13. The average molecular weight is 263 g/mol. The van der Waals surface area contributed by atoms with Crippen LogP contribution in [0.1, 0.15) is 22.9 Å². The van der Waals surface area contributed by atoms with Gasteiger partial charge in [-0.3, -0.25) is 4.98 Å². The summed E-state index contributed by atoms with van der Waals surface area (Å²) in [5.74, 6) is 0.826. The van der Waals surface area contributed by atoms with Gasteiger partial charge in [-0.15, -0.1) is 0 Å². The van der Waals surface area contributed by atoms with Crippen molar-refractivity contribution in [3.63, 3.8) is 0 Å². The normalized spacial score (nSPS) is 12.2. The molecule has 1 heterocycles. The molecule has 0 saturated carbocycles. The van der Waals surface area contributed by atoms with Crippen LogP contribution in [0, 0.1) is 6.92 Å². The van der Waals surface area contributed by atoms with Crippen LogP contribution in [0.25, 0.3) is 0 Å². The number of aryl methyl sites for hydroxylation is 1. The molecule has 2 aromatic rings. The Hall–Kier alpha value is -1.58. The molecule has 0 amide bonds. The van der Waals surface area contributed by atoms with Crippen molar-refractivity contribution in [3.8, 4) is 5.75 Å². The summed E-state index contributed by atoms with van der Waals surface area (Å²) in [5.41, 5.74) is 9.13. The van der Waals surface area contributed by atoms with Crippen LogP contribution in [0.4, 0.5) is 0 Å². The lowest BCUT2D eigenvalue weighted by Gasteiger charge is -2.15. The number of rotatable bonds is 3. The molecule has 0 aliphatic carbocycles. The van der Waals surface area contributed by atoms with Crippen LogP contribution in [-0.4, -0.2) is 12.1 Å². The molecule has 1 aromatic carbocycles. The summed E-state index contributed by atoms with van der Waals surface area (Å²) in [4.78, 5) is 4.25. The third-order valence-electron chi connectivity index (χ3n) is 2.88. The zero-order valence-corrected chi connectivity index (χ0v) is 11.1. The third kappa shape index (κ3) is 2.63. The van der Waals surface area contributed by atoms with Gasteiger partial charge in [0.2, 0.25) is 0 Å². The smallest absolute Gasteiger partial charge is 0.119 e. The Labute approximate surface area is 112 Å². The predicted molar refractivity (Wildman–Crippen MR) is 73.0 cm³/mol. The van der Waals surface area contributed by atoms with E-state index in [1.54, 1.807) is 19.4 Å². The standard InChI is InChI=1S/C14H15ClN2O/c1-9-7-11(18-2)4-5-12(9)14(16)13-6-3-10(15)8-17-13/h3-8,14H,16H2,1-2H3. The number of methoxy groups -OCH3 is 1. The van der Waals surface area contributed by atoms with E-state index in [0.717, 1.165) is 22.6 Å². The number of ether oxygens (including phenoxy) is 1. The molecule has 94 valence electrons. The molecule has 0 bridgehead atoms. The Morgan fingerprint density at radius 2 is 2.06 bits per heavy atom. The molecule has 0 fully saturated rings. The van der Waals surface area contributed by atoms with Crippen molar-refractivity contribution in [3.05, 3.63) is 58.4 Å². The number of benzene rings is 1. The quantitative estimate of drug-likeness (QED) is 0.925. The van der Waals surface area contributed by atoms with Gasteiger partial charge in [-0.05, 0) is 42.3 Å². The molecule has 0 aliphatic rings. The number of aromatic nitrogens is 1. The predicted octanol–water partition coefficient (Wildman–Crippen LogP) is 3.10. The van der Waals surface area contributed by atoms with Gasteiger partial charge in [0.05, 0.1) is 23.9 Å². The third-order valence-corrected chi connectivity index (χ3v) is 3.10. The van der Waals surface area contributed by atoms with E-state index >= 15 is 0 Å². The molecule has 2 N–H and O–H groups in total. The van der Waals surface area contributed by atoms with Crippen molar-refractivity contribution in [1.29, 1.82) is 0 Å². The van der Waals surface area contributed by atoms with Crippen molar-refractivity contribution in [2.75, 3.05) is 7.11 Å². The second-order valence-corrected chi connectivity index (χ2v) is 4.54. The zero-order valence-electron chi connectivity index (χ0n) is 10.4. The topological polar surface area (TPSA) is 48.1 Å². The van der Waals surface area contributed by atoms with Gasteiger partial charge < -0.3 is 10.5 Å². The van der Waals surface area contributed by atoms with E-state index in [9.17, 15) is 0 Å². The van der Waals surface area contributed by atoms with Gasteiger partial charge in [-0.25, -0.2) is 0 Å². The van der Waals surface area contributed by atoms with E-state index in [-0.39, 0.29) is 6.04 Å². The van der Waals surface area contributed by atoms with E-state index in [2.05, 4.69) is 4.98 Å². The molecule has 0 aliphatic heterocycles. The maximum Gasteiger partial charge on any atom is 0.119 e. The Kier molecular flexibility index (Phi) is 3.84. The van der Waals surface area contributed by atoms with E-state index in [1.165, 1.54) is 0 Å². The molecular formula is C14H15ClN2O. The summed E-state index contributed by atoms with van der Waals surface area (Å²) >= 11 is 5.81. The summed E-state index contributed by atoms with van der Waals surface area (Å²) in [6.07, 6.45) is 1.61. The first kappa shape index (κ1) is 12.9. The van der Waals surface area contributed by atoms with E-state index in [1.807, 2.05) is 31.2 Å². The van der Waals surface area contributed by atoms with Crippen LogP contribution in [0.2, 0.25) is 5.02 Å². The average Bonchev–Trinajstić information content (AvgIpc) is 2.38. The van der Waals surface area contributed by atoms with Gasteiger partial charge in [0.25, 0.3) is 0 Å². The Morgan fingerprint density at radius 1 is 1.28 bits per heavy atom. The molecule has 1 atom stereocenters. The SMILES string of the molecule is COc1ccc(C(N)c2ccc(Cl)cn2)c(C)c1. The zero-order chi connectivity index (χ0) is 13.1. The number of hydrogen-bond donors (Lipinski definition) is 1. The van der Waals surface area contributed by atoms with Crippen molar-refractivity contribution < 1.29 is 4.74 Å². The van der Waals surface area contributed by atoms with Crippen LogP contribution in [0.3, 0.4) is 0 Å². The minimum atomic E-state index is -0.256. The van der Waals surface area contributed by atoms with Gasteiger partial charge in [0.1, 0.15) is 5.75 Å². The minimum absolute atomic E-state index is 0.256. The van der Waals surface area contributed by atoms with E-state index in [4.69, 9.17) is 22.1 Å². The largest absolute Gasteiger partial charge is 0.497 e. The number of hydrogen-bond acceptors (Lipinski definition) is 3. The molecule has 1 unspecified atom stereocenters. The van der Waals surface area contributed by atoms with Crippen LogP contribution >= 0.6 is 11.6 Å².